The topological polar surface area (TPSA) is 354 Å². The van der Waals surface area contributed by atoms with Crippen LogP contribution in [-0.2, 0) is 86.4 Å². The van der Waals surface area contributed by atoms with Crippen molar-refractivity contribution in [1.82, 2.24) is 64.9 Å². The lowest BCUT2D eigenvalue weighted by Gasteiger charge is -2.38. The van der Waals surface area contributed by atoms with Gasteiger partial charge in [0.1, 0.15) is 72.5 Å². The molecule has 1 unspecified atom stereocenters. The van der Waals surface area contributed by atoms with E-state index in [-0.39, 0.29) is 43.9 Å². The van der Waals surface area contributed by atoms with E-state index in [0.717, 1.165) is 48.7 Å². The lowest BCUT2D eigenvalue weighted by Crippen LogP contribution is -2.61. The van der Waals surface area contributed by atoms with Crippen LogP contribution in [0.1, 0.15) is 138 Å². The minimum Gasteiger partial charge on any atom is -0.393 e. The lowest BCUT2D eigenvalue weighted by atomic mass is 9.96. The Balaban J connectivity index is 1.83. The normalized spacial score (nSPS) is 16.0. The number of carbonyl (C=O) groups excluding carboxylic acids is 14. The van der Waals surface area contributed by atoms with E-state index in [1.165, 1.54) is 120 Å². The molecule has 3 aromatic carbocycles. The van der Waals surface area contributed by atoms with Gasteiger partial charge in [0.2, 0.25) is 82.7 Å². The molecule has 1 aliphatic heterocycles. The van der Waals surface area contributed by atoms with Crippen molar-refractivity contribution < 1.29 is 72.2 Å². The number of benzene rings is 3. The number of likely N-dealkylation sites (N-methyl/N-ethyl adjacent to an activating group) is 9. The van der Waals surface area contributed by atoms with Crippen molar-refractivity contribution in [2.75, 3.05) is 76.5 Å². The molecule has 0 aromatic heterocycles. The van der Waals surface area contributed by atoms with Crippen LogP contribution in [0.3, 0.4) is 0 Å². The van der Waals surface area contributed by atoms with E-state index >= 15 is 28.8 Å². The highest BCUT2D eigenvalue weighted by Gasteiger charge is 2.44. The number of primary amides is 1. The zero-order valence-corrected chi connectivity index (χ0v) is 67.0. The summed E-state index contributed by atoms with van der Waals surface area (Å²) in [7, 11) is 12.3. The number of hydrogen-bond donors (Lipinski definition) is 5. The van der Waals surface area contributed by atoms with Gasteiger partial charge in [-0.15, -0.1) is 0 Å². The molecule has 6 N–H and O–H groups in total. The second kappa shape index (κ2) is 42.1. The second-order valence-corrected chi connectivity index (χ2v) is 29.5. The van der Waals surface area contributed by atoms with Crippen molar-refractivity contribution in [2.24, 2.45) is 17.6 Å². The Kier molecular flexibility index (Phi) is 35.3. The number of hydrogen-bond acceptors (Lipinski definition) is 15. The maximum atomic E-state index is 15.8. The van der Waals surface area contributed by atoms with Crippen molar-refractivity contribution in [3.63, 3.8) is 0 Å². The van der Waals surface area contributed by atoms with Gasteiger partial charge in [0, 0.05) is 95.8 Å². The van der Waals surface area contributed by atoms with E-state index in [2.05, 4.69) is 16.0 Å². The Labute approximate surface area is 637 Å². The SMILES string of the molecule is CCC(C)[C@H](NC(=O)[C@H](C)N(C)C(=O)[C@H](Cc1ccccc1)N(C)C(=O)[C@H](C)N(C)C(=O)C[C@H](NC(=O)[C@H](C)N(C)C(=O)[C@H](CC(C)C)N(C)C(=O)[C@H](C)N(C)C(=O)C[C@@H](C)O)C(=O)N(C)[C@@H](Cc1ccccc1)C(=O)N(C)[C@@H](Cc1ccccc1)C(=O)N[C@@H](C)C(=O)N1CCCCC1)C(=O)N(C)[C@@H](C)C(N)=O. The van der Waals surface area contributed by atoms with Gasteiger partial charge in [0.25, 0.3) is 0 Å². The van der Waals surface area contributed by atoms with Crippen LogP contribution in [0.4, 0.5) is 0 Å². The van der Waals surface area contributed by atoms with Gasteiger partial charge >= 0.3 is 0 Å². The zero-order valence-electron chi connectivity index (χ0n) is 67.0. The molecule has 0 bridgehead atoms. The quantitative estimate of drug-likeness (QED) is 0.0550. The molecule has 596 valence electrons. The van der Waals surface area contributed by atoms with E-state index in [4.69, 9.17) is 5.73 Å². The maximum absolute atomic E-state index is 15.8. The van der Waals surface area contributed by atoms with Crippen LogP contribution in [0.25, 0.3) is 0 Å². The van der Waals surface area contributed by atoms with Crippen LogP contribution in [0.15, 0.2) is 91.0 Å². The van der Waals surface area contributed by atoms with E-state index in [1.807, 2.05) is 20.8 Å². The summed E-state index contributed by atoms with van der Waals surface area (Å²) >= 11 is 0. The van der Waals surface area contributed by atoms with Crippen LogP contribution < -0.4 is 21.7 Å². The first kappa shape index (κ1) is 90.6. The largest absolute Gasteiger partial charge is 0.393 e. The summed E-state index contributed by atoms with van der Waals surface area (Å²) < 4.78 is 0. The fourth-order valence-electron chi connectivity index (χ4n) is 12.7. The molecule has 0 aliphatic carbocycles. The van der Waals surface area contributed by atoms with Gasteiger partial charge in [-0.1, -0.05) is 125 Å². The zero-order chi connectivity index (χ0) is 81.5. The van der Waals surface area contributed by atoms with Crippen LogP contribution in [0, 0.1) is 11.8 Å². The summed E-state index contributed by atoms with van der Waals surface area (Å²) in [5.41, 5.74) is 7.38. The van der Waals surface area contributed by atoms with Gasteiger partial charge in [-0.25, -0.2) is 0 Å². The van der Waals surface area contributed by atoms with Crippen molar-refractivity contribution in [3.8, 4) is 0 Å². The molecule has 4 rings (SSSR count). The first-order valence-corrected chi connectivity index (χ1v) is 37.3. The van der Waals surface area contributed by atoms with Crippen LogP contribution in [0.5, 0.6) is 0 Å². The van der Waals surface area contributed by atoms with Gasteiger partial charge < -0.3 is 75.8 Å². The van der Waals surface area contributed by atoms with Crippen molar-refractivity contribution in [3.05, 3.63) is 108 Å². The monoisotopic (exact) mass is 1500 g/mol. The third-order valence-corrected chi connectivity index (χ3v) is 21.2. The molecule has 0 saturated carbocycles. The summed E-state index contributed by atoms with van der Waals surface area (Å²) in [6, 6.07) is 10.8. The van der Waals surface area contributed by atoms with Gasteiger partial charge in [0.15, 0.2) is 0 Å². The number of nitrogens with zero attached hydrogens (tertiary/aromatic N) is 10. The smallest absolute Gasteiger partial charge is 0.246 e. The summed E-state index contributed by atoms with van der Waals surface area (Å²) in [4.78, 5) is 214. The van der Waals surface area contributed by atoms with Crippen molar-refractivity contribution in [2.45, 2.75) is 219 Å². The molecule has 3 aromatic rings. The standard InChI is InChI=1S/C79H120N14O15/c1-21-49(4)67(79(108)86(14)52(7)68(80)97)83-70(99)54(9)88(16)77(106)63(45-58-36-28-23-29-37-58)91(19)74(103)56(11)85(13)66(96)47-60(82-69(98)53(8)87(15)76(105)62(42-48(2)3)90(18)73(102)55(10)84(12)65(95)43-50(5)94)75(104)92(20)64(46-59-38-30-24-31-39-59)78(107)89(17)61(44-57-34-26-22-27-35-57)71(100)81-51(6)72(101)93-40-32-25-33-41-93/h22-24,26-31,34-39,48-56,60-64,67,94H,21,25,32-33,40-47H2,1-20H3,(H2,80,97)(H,81,100)(H,82,98)(H,83,99)/t49?,50-,51+,52+,53+,54+,55+,56+,60+,61+,62+,63+,64+,67+/m1/s1. The molecule has 108 heavy (non-hydrogen) atoms. The molecular formula is C79H120N14O15. The molecule has 1 aliphatic rings. The number of likely N-dealkylation sites (tertiary alicyclic amines) is 1. The van der Waals surface area contributed by atoms with Gasteiger partial charge in [-0.3, -0.25) is 67.1 Å². The lowest BCUT2D eigenvalue weighted by molar-refractivity contribution is -0.153. The van der Waals surface area contributed by atoms with Gasteiger partial charge in [-0.05, 0) is 103 Å². The third-order valence-electron chi connectivity index (χ3n) is 21.2. The van der Waals surface area contributed by atoms with Gasteiger partial charge in [-0.2, -0.15) is 0 Å². The number of nitrogens with two attached hydrogens (primary N) is 1. The highest BCUT2D eigenvalue weighted by molar-refractivity contribution is 6.01. The molecule has 29 heteroatoms. The summed E-state index contributed by atoms with van der Waals surface area (Å²) in [5, 5.41) is 18.3. The average molecular weight is 1510 g/mol. The summed E-state index contributed by atoms with van der Waals surface area (Å²) in [5.74, 6) is -10.6. The number of rotatable bonds is 38. The predicted molar refractivity (Wildman–Crippen MR) is 409 cm³/mol. The molecular weight excluding hydrogens is 1380 g/mol. The number of aliphatic hydroxyl groups excluding tert-OH is 1. The highest BCUT2D eigenvalue weighted by atomic mass is 16.3. The van der Waals surface area contributed by atoms with E-state index < -0.39 is 168 Å². The fraction of sp³-hybridized carbons (Fsp3) is 0.595. The van der Waals surface area contributed by atoms with Crippen LogP contribution in [0.2, 0.25) is 0 Å². The average Bonchev–Trinajstić information content (AvgIpc) is 0.815. The van der Waals surface area contributed by atoms with Crippen LogP contribution in [-0.4, -0.2) is 292 Å². The third kappa shape index (κ3) is 24.6. The molecule has 14 amide bonds. The molecule has 1 saturated heterocycles. The van der Waals surface area contributed by atoms with E-state index in [0.29, 0.717) is 36.2 Å². The Morgan fingerprint density at radius 2 is 0.778 bits per heavy atom. The first-order chi connectivity index (χ1) is 50.6. The van der Waals surface area contributed by atoms with Gasteiger partial charge in [0.05, 0.1) is 18.9 Å². The molecule has 14 atom stereocenters. The Hall–Kier alpha value is -9.80. The van der Waals surface area contributed by atoms with E-state index in [9.17, 15) is 43.5 Å². The maximum Gasteiger partial charge on any atom is 0.246 e. The predicted octanol–water partition coefficient (Wildman–Crippen LogP) is 2.48. The Morgan fingerprint density at radius 3 is 1.19 bits per heavy atom. The van der Waals surface area contributed by atoms with Crippen molar-refractivity contribution in [1.29, 1.82) is 0 Å². The number of nitrogens with one attached hydrogen (secondary N) is 3. The summed E-state index contributed by atoms with van der Waals surface area (Å²) in [6.07, 6.45) is 0.717. The minimum absolute atomic E-state index is 0.0254. The Bertz CT molecular complexity index is 3580. The number of carbonyl (C=O) groups is 14. The van der Waals surface area contributed by atoms with Crippen molar-refractivity contribution >= 4 is 82.7 Å². The minimum atomic E-state index is -1.88. The molecule has 1 fully saturated rings. The fourth-order valence-corrected chi connectivity index (χ4v) is 12.7. The summed E-state index contributed by atoms with van der Waals surface area (Å²) in [6.45, 7) is 18.5. The molecule has 29 nitrogen and oxygen atoms in total. The molecule has 1 heterocycles. The molecule has 0 radical (unpaired) electrons. The molecule has 0 spiro atoms. The second-order valence-electron chi connectivity index (χ2n) is 29.5. The Morgan fingerprint density at radius 1 is 0.407 bits per heavy atom. The number of piperidine rings is 1. The first-order valence-electron chi connectivity index (χ1n) is 37.3. The number of amides is 14. The van der Waals surface area contributed by atoms with E-state index in [1.54, 1.807) is 110 Å². The highest BCUT2D eigenvalue weighted by Crippen LogP contribution is 2.23. The number of aliphatic hydroxyl groups is 1. The van der Waals surface area contributed by atoms with Crippen LogP contribution >= 0.6 is 0 Å².